The van der Waals surface area contributed by atoms with Gasteiger partial charge in [0, 0.05) is 16.6 Å². The van der Waals surface area contributed by atoms with Gasteiger partial charge in [-0.15, -0.1) is 0 Å². The Bertz CT molecular complexity index is 549. The molecule has 0 saturated carbocycles. The van der Waals surface area contributed by atoms with Gasteiger partial charge in [-0.2, -0.15) is 0 Å². The number of aryl methyl sites for hydroxylation is 1. The lowest BCUT2D eigenvalue weighted by atomic mass is 10.1. The number of benzene rings is 2. The largest absolute Gasteiger partial charge is 0.348 e. The molecule has 0 aliphatic rings. The van der Waals surface area contributed by atoms with E-state index in [2.05, 4.69) is 21.2 Å². The molecule has 92 valence electrons. The average molecular weight is 304 g/mol. The summed E-state index contributed by atoms with van der Waals surface area (Å²) in [4.78, 5) is 11.9. The third-order valence-corrected chi connectivity index (χ3v) is 3.48. The van der Waals surface area contributed by atoms with Gasteiger partial charge in [-0.1, -0.05) is 51.8 Å². The first-order valence-electron chi connectivity index (χ1n) is 5.75. The molecule has 0 radical (unpaired) electrons. The highest BCUT2D eigenvalue weighted by Crippen LogP contribution is 2.15. The van der Waals surface area contributed by atoms with E-state index >= 15 is 0 Å². The van der Waals surface area contributed by atoms with E-state index in [-0.39, 0.29) is 5.91 Å². The summed E-state index contributed by atoms with van der Waals surface area (Å²) in [6, 6.07) is 15.4. The summed E-state index contributed by atoms with van der Waals surface area (Å²) in [5.41, 5.74) is 2.91. The van der Waals surface area contributed by atoms with Crippen LogP contribution in [0.25, 0.3) is 0 Å². The molecular formula is C15H14BrNO. The van der Waals surface area contributed by atoms with Crippen molar-refractivity contribution < 1.29 is 4.79 Å². The van der Waals surface area contributed by atoms with Gasteiger partial charge >= 0.3 is 0 Å². The molecule has 2 nitrogen and oxygen atoms in total. The highest BCUT2D eigenvalue weighted by molar-refractivity contribution is 9.10. The van der Waals surface area contributed by atoms with E-state index in [1.54, 1.807) is 0 Å². The Kier molecular flexibility index (Phi) is 4.15. The summed E-state index contributed by atoms with van der Waals surface area (Å²) < 4.78 is 1.01. The summed E-state index contributed by atoms with van der Waals surface area (Å²) in [5, 5.41) is 2.91. The number of amides is 1. The van der Waals surface area contributed by atoms with E-state index in [4.69, 9.17) is 0 Å². The Morgan fingerprint density at radius 2 is 1.78 bits per heavy atom. The van der Waals surface area contributed by atoms with Crippen LogP contribution >= 0.6 is 15.9 Å². The Labute approximate surface area is 115 Å². The maximum Gasteiger partial charge on any atom is 0.251 e. The zero-order valence-corrected chi connectivity index (χ0v) is 11.7. The molecule has 0 saturated heterocycles. The lowest BCUT2D eigenvalue weighted by molar-refractivity contribution is 0.0951. The van der Waals surface area contributed by atoms with Crippen LogP contribution in [0, 0.1) is 6.92 Å². The molecule has 0 bridgehead atoms. The van der Waals surface area contributed by atoms with E-state index < -0.39 is 0 Å². The summed E-state index contributed by atoms with van der Waals surface area (Å²) in [6.07, 6.45) is 0. The van der Waals surface area contributed by atoms with Gasteiger partial charge in [-0.3, -0.25) is 4.79 Å². The first kappa shape index (κ1) is 12.8. The van der Waals surface area contributed by atoms with Crippen LogP contribution in [-0.4, -0.2) is 5.91 Å². The summed E-state index contributed by atoms with van der Waals surface area (Å²) >= 11 is 3.46. The minimum atomic E-state index is -0.0502. The van der Waals surface area contributed by atoms with Crippen molar-refractivity contribution in [1.29, 1.82) is 0 Å². The molecule has 0 aromatic heterocycles. The molecular weight excluding hydrogens is 290 g/mol. The zero-order chi connectivity index (χ0) is 13.0. The van der Waals surface area contributed by atoms with Crippen molar-refractivity contribution in [2.75, 3.05) is 0 Å². The van der Waals surface area contributed by atoms with E-state index in [0.29, 0.717) is 12.1 Å². The van der Waals surface area contributed by atoms with Crippen molar-refractivity contribution in [1.82, 2.24) is 5.32 Å². The lowest BCUT2D eigenvalue weighted by Gasteiger charge is -2.07. The predicted octanol–water partition coefficient (Wildman–Crippen LogP) is 3.69. The SMILES string of the molecule is Cc1ccc(C(=O)NCc2ccccc2Br)cc1. The van der Waals surface area contributed by atoms with Gasteiger partial charge in [0.2, 0.25) is 0 Å². The molecule has 0 aliphatic carbocycles. The predicted molar refractivity (Wildman–Crippen MR) is 76.5 cm³/mol. The summed E-state index contributed by atoms with van der Waals surface area (Å²) in [5.74, 6) is -0.0502. The maximum absolute atomic E-state index is 11.9. The number of halogens is 1. The van der Waals surface area contributed by atoms with Crippen molar-refractivity contribution in [2.24, 2.45) is 0 Å². The molecule has 2 rings (SSSR count). The van der Waals surface area contributed by atoms with Crippen LogP contribution in [0.3, 0.4) is 0 Å². The molecule has 1 N–H and O–H groups in total. The first-order valence-corrected chi connectivity index (χ1v) is 6.54. The second kappa shape index (κ2) is 5.83. The topological polar surface area (TPSA) is 29.1 Å². The molecule has 0 unspecified atom stereocenters. The van der Waals surface area contributed by atoms with E-state index in [0.717, 1.165) is 15.6 Å². The molecule has 3 heteroatoms. The Balaban J connectivity index is 2.01. The fraction of sp³-hybridized carbons (Fsp3) is 0.133. The maximum atomic E-state index is 11.9. The Hall–Kier alpha value is -1.61. The van der Waals surface area contributed by atoms with Crippen molar-refractivity contribution in [3.63, 3.8) is 0 Å². The summed E-state index contributed by atoms with van der Waals surface area (Å²) in [7, 11) is 0. The monoisotopic (exact) mass is 303 g/mol. The minimum Gasteiger partial charge on any atom is -0.348 e. The minimum absolute atomic E-state index is 0.0502. The zero-order valence-electron chi connectivity index (χ0n) is 10.1. The van der Waals surface area contributed by atoms with Crippen LogP contribution in [0.15, 0.2) is 53.0 Å². The van der Waals surface area contributed by atoms with E-state index in [1.807, 2.05) is 55.5 Å². The second-order valence-corrected chi connectivity index (χ2v) is 4.99. The van der Waals surface area contributed by atoms with Crippen molar-refractivity contribution in [2.45, 2.75) is 13.5 Å². The summed E-state index contributed by atoms with van der Waals surface area (Å²) in [6.45, 7) is 2.52. The molecule has 0 atom stereocenters. The molecule has 0 fully saturated rings. The average Bonchev–Trinajstić information content (AvgIpc) is 2.38. The molecule has 18 heavy (non-hydrogen) atoms. The molecule has 2 aromatic rings. The van der Waals surface area contributed by atoms with Crippen LogP contribution in [0.5, 0.6) is 0 Å². The third kappa shape index (κ3) is 3.20. The van der Waals surface area contributed by atoms with Crippen LogP contribution in [0.2, 0.25) is 0 Å². The molecule has 1 amide bonds. The van der Waals surface area contributed by atoms with Crippen molar-refractivity contribution in [3.05, 3.63) is 69.7 Å². The number of rotatable bonds is 3. The Morgan fingerprint density at radius 3 is 2.44 bits per heavy atom. The third-order valence-electron chi connectivity index (χ3n) is 2.71. The quantitative estimate of drug-likeness (QED) is 0.920. The van der Waals surface area contributed by atoms with Gasteiger partial charge in [0.1, 0.15) is 0 Å². The van der Waals surface area contributed by atoms with Gasteiger partial charge < -0.3 is 5.32 Å². The molecule has 0 heterocycles. The van der Waals surface area contributed by atoms with E-state index in [1.165, 1.54) is 0 Å². The van der Waals surface area contributed by atoms with Gasteiger partial charge in [-0.05, 0) is 30.7 Å². The van der Waals surface area contributed by atoms with E-state index in [9.17, 15) is 4.79 Å². The van der Waals surface area contributed by atoms with Gasteiger partial charge in [0.05, 0.1) is 0 Å². The lowest BCUT2D eigenvalue weighted by Crippen LogP contribution is -2.22. The van der Waals surface area contributed by atoms with Gasteiger partial charge in [-0.25, -0.2) is 0 Å². The van der Waals surface area contributed by atoms with Crippen molar-refractivity contribution in [3.8, 4) is 0 Å². The number of hydrogen-bond acceptors (Lipinski definition) is 1. The van der Waals surface area contributed by atoms with Crippen LogP contribution in [0.4, 0.5) is 0 Å². The number of nitrogens with one attached hydrogen (secondary N) is 1. The molecule has 0 spiro atoms. The molecule has 0 aliphatic heterocycles. The van der Waals surface area contributed by atoms with Crippen molar-refractivity contribution >= 4 is 21.8 Å². The van der Waals surface area contributed by atoms with Gasteiger partial charge in [0.25, 0.3) is 5.91 Å². The molecule has 2 aromatic carbocycles. The fourth-order valence-electron chi connectivity index (χ4n) is 1.62. The Morgan fingerprint density at radius 1 is 1.11 bits per heavy atom. The highest BCUT2D eigenvalue weighted by Gasteiger charge is 2.05. The fourth-order valence-corrected chi connectivity index (χ4v) is 2.05. The normalized spacial score (nSPS) is 10.1. The first-order chi connectivity index (χ1) is 8.66. The number of hydrogen-bond donors (Lipinski definition) is 1. The van der Waals surface area contributed by atoms with Crippen LogP contribution in [-0.2, 0) is 6.54 Å². The van der Waals surface area contributed by atoms with Crippen LogP contribution < -0.4 is 5.32 Å². The smallest absolute Gasteiger partial charge is 0.251 e. The van der Waals surface area contributed by atoms with Gasteiger partial charge in [0.15, 0.2) is 0 Å². The highest BCUT2D eigenvalue weighted by atomic mass is 79.9. The van der Waals surface area contributed by atoms with Crippen LogP contribution in [0.1, 0.15) is 21.5 Å². The second-order valence-electron chi connectivity index (χ2n) is 4.14. The number of carbonyl (C=O) groups excluding carboxylic acids is 1. The number of carbonyl (C=O) groups is 1. The standard InChI is InChI=1S/C15H14BrNO/c1-11-6-8-12(9-7-11)15(18)17-10-13-4-2-3-5-14(13)16/h2-9H,10H2,1H3,(H,17,18).